The molecule has 0 heterocycles. The number of benzene rings is 1. The lowest BCUT2D eigenvalue weighted by Crippen LogP contribution is -2.41. The first kappa shape index (κ1) is 12.6. The second kappa shape index (κ2) is 5.19. The molecular weight excluding hydrogens is 210 g/mol. The molecule has 0 bridgehead atoms. The molecule has 0 fully saturated rings. The minimum Gasteiger partial charge on any atom is -0.373 e. The van der Waals surface area contributed by atoms with Crippen LogP contribution in [-0.4, -0.2) is 18.8 Å². The average Bonchev–Trinajstić information content (AvgIpc) is 2.36. The Hall–Kier alpha value is -0.860. The van der Waals surface area contributed by atoms with E-state index in [1.165, 1.54) is 11.1 Å². The van der Waals surface area contributed by atoms with Crippen LogP contribution in [0.1, 0.15) is 43.7 Å². The van der Waals surface area contributed by atoms with E-state index in [2.05, 4.69) is 38.1 Å². The van der Waals surface area contributed by atoms with Crippen molar-refractivity contribution in [3.8, 4) is 0 Å². The Kier molecular flexibility index (Phi) is 3.85. The molecule has 17 heavy (non-hydrogen) atoms. The maximum atomic E-state index is 6.11. The normalized spacial score (nSPS) is 18.6. The van der Waals surface area contributed by atoms with Gasteiger partial charge in [0.15, 0.2) is 0 Å². The first-order valence-corrected chi connectivity index (χ1v) is 6.66. The van der Waals surface area contributed by atoms with Gasteiger partial charge >= 0.3 is 0 Å². The van der Waals surface area contributed by atoms with Gasteiger partial charge < -0.3 is 10.5 Å². The lowest BCUT2D eigenvalue weighted by atomic mass is 9.78. The van der Waals surface area contributed by atoms with Crippen molar-refractivity contribution in [2.24, 2.45) is 5.73 Å². The Balaban J connectivity index is 1.92. The lowest BCUT2D eigenvalue weighted by molar-refractivity contribution is -0.0527. The molecule has 1 aliphatic carbocycles. The van der Waals surface area contributed by atoms with Crippen molar-refractivity contribution in [2.75, 3.05) is 13.2 Å². The molecule has 1 unspecified atom stereocenters. The van der Waals surface area contributed by atoms with E-state index in [0.717, 1.165) is 25.9 Å². The summed E-state index contributed by atoms with van der Waals surface area (Å²) in [5.41, 5.74) is 8.68. The quantitative estimate of drug-likeness (QED) is 0.820. The van der Waals surface area contributed by atoms with Crippen molar-refractivity contribution in [1.82, 2.24) is 0 Å². The molecule has 0 radical (unpaired) electrons. The third-order valence-electron chi connectivity index (χ3n) is 4.21. The second-order valence-corrected chi connectivity index (χ2v) is 5.01. The topological polar surface area (TPSA) is 35.2 Å². The highest BCUT2D eigenvalue weighted by Gasteiger charge is 2.30. The second-order valence-electron chi connectivity index (χ2n) is 5.01. The Morgan fingerprint density at radius 3 is 2.59 bits per heavy atom. The maximum absolute atomic E-state index is 6.11. The van der Waals surface area contributed by atoms with E-state index < -0.39 is 0 Å². The van der Waals surface area contributed by atoms with Crippen molar-refractivity contribution < 1.29 is 4.74 Å². The van der Waals surface area contributed by atoms with Crippen LogP contribution in [0.2, 0.25) is 0 Å². The molecule has 0 amide bonds. The molecular formula is C15H23NO. The van der Waals surface area contributed by atoms with Gasteiger partial charge in [0.25, 0.3) is 0 Å². The zero-order chi connectivity index (χ0) is 12.3. The first-order valence-electron chi connectivity index (χ1n) is 6.66. The molecule has 0 aromatic heterocycles. The van der Waals surface area contributed by atoms with Crippen LogP contribution in [0.3, 0.4) is 0 Å². The van der Waals surface area contributed by atoms with Gasteiger partial charge in [-0.25, -0.2) is 0 Å². The Morgan fingerprint density at radius 1 is 1.29 bits per heavy atom. The highest BCUT2D eigenvalue weighted by molar-refractivity contribution is 5.39. The molecule has 1 aliphatic rings. The number of hydrogen-bond acceptors (Lipinski definition) is 2. The summed E-state index contributed by atoms with van der Waals surface area (Å²) in [6, 6.07) is 8.65. The fourth-order valence-electron chi connectivity index (χ4n) is 2.59. The molecule has 1 aromatic carbocycles. The van der Waals surface area contributed by atoms with Gasteiger partial charge in [0, 0.05) is 12.5 Å². The number of ether oxygens (including phenoxy) is 1. The summed E-state index contributed by atoms with van der Waals surface area (Å²) in [5.74, 6) is 0.579. The van der Waals surface area contributed by atoms with E-state index in [-0.39, 0.29) is 5.60 Å². The van der Waals surface area contributed by atoms with Gasteiger partial charge in [-0.3, -0.25) is 0 Å². The Bertz CT molecular complexity index is 363. The number of rotatable bonds is 6. The number of hydrogen-bond donors (Lipinski definition) is 1. The smallest absolute Gasteiger partial charge is 0.0799 e. The van der Waals surface area contributed by atoms with Gasteiger partial charge in [-0.05, 0) is 30.4 Å². The van der Waals surface area contributed by atoms with Crippen LogP contribution in [0.4, 0.5) is 0 Å². The Labute approximate surface area is 104 Å². The van der Waals surface area contributed by atoms with Crippen LogP contribution >= 0.6 is 0 Å². The van der Waals surface area contributed by atoms with E-state index in [9.17, 15) is 0 Å². The average molecular weight is 233 g/mol. The van der Waals surface area contributed by atoms with Crippen molar-refractivity contribution in [2.45, 2.75) is 44.6 Å². The first-order chi connectivity index (χ1) is 8.24. The largest absolute Gasteiger partial charge is 0.373 e. The van der Waals surface area contributed by atoms with E-state index in [0.29, 0.717) is 12.5 Å². The number of fused-ring (bicyclic) bond motifs is 1. The molecule has 0 spiro atoms. The van der Waals surface area contributed by atoms with Gasteiger partial charge in [0.05, 0.1) is 12.2 Å². The summed E-state index contributed by atoms with van der Waals surface area (Å²) in [6.45, 7) is 5.75. The number of nitrogens with two attached hydrogens (primary N) is 1. The third-order valence-corrected chi connectivity index (χ3v) is 4.21. The monoisotopic (exact) mass is 233 g/mol. The van der Waals surface area contributed by atoms with E-state index in [1.807, 2.05) is 0 Å². The molecule has 2 N–H and O–H groups in total. The molecule has 2 rings (SSSR count). The van der Waals surface area contributed by atoms with Crippen molar-refractivity contribution >= 4 is 0 Å². The minimum absolute atomic E-state index is 0.107. The molecule has 0 aliphatic heterocycles. The summed E-state index contributed by atoms with van der Waals surface area (Å²) in [7, 11) is 0. The molecule has 2 nitrogen and oxygen atoms in total. The SMILES string of the molecule is CCC(CC)(CN)OCC1Cc2ccccc21. The van der Waals surface area contributed by atoms with Gasteiger partial charge in [-0.1, -0.05) is 38.1 Å². The van der Waals surface area contributed by atoms with E-state index in [4.69, 9.17) is 10.5 Å². The van der Waals surface area contributed by atoms with Crippen LogP contribution in [0, 0.1) is 0 Å². The molecule has 94 valence electrons. The van der Waals surface area contributed by atoms with Crippen LogP contribution in [0.5, 0.6) is 0 Å². The highest BCUT2D eigenvalue weighted by Crippen LogP contribution is 2.36. The van der Waals surface area contributed by atoms with Gasteiger partial charge in [-0.15, -0.1) is 0 Å². The fourth-order valence-corrected chi connectivity index (χ4v) is 2.59. The zero-order valence-corrected chi connectivity index (χ0v) is 10.9. The van der Waals surface area contributed by atoms with E-state index >= 15 is 0 Å². The van der Waals surface area contributed by atoms with Crippen LogP contribution in [-0.2, 0) is 11.2 Å². The van der Waals surface area contributed by atoms with Crippen molar-refractivity contribution in [1.29, 1.82) is 0 Å². The van der Waals surface area contributed by atoms with Crippen LogP contribution in [0.15, 0.2) is 24.3 Å². The van der Waals surface area contributed by atoms with E-state index in [1.54, 1.807) is 0 Å². The summed E-state index contributed by atoms with van der Waals surface area (Å²) >= 11 is 0. The van der Waals surface area contributed by atoms with Gasteiger partial charge in [0.1, 0.15) is 0 Å². The molecule has 2 heteroatoms. The maximum Gasteiger partial charge on any atom is 0.0799 e. The van der Waals surface area contributed by atoms with Gasteiger partial charge in [0.2, 0.25) is 0 Å². The van der Waals surface area contributed by atoms with Crippen molar-refractivity contribution in [3.05, 3.63) is 35.4 Å². The minimum atomic E-state index is -0.107. The highest BCUT2D eigenvalue weighted by atomic mass is 16.5. The lowest BCUT2D eigenvalue weighted by Gasteiger charge is -2.36. The summed E-state index contributed by atoms with van der Waals surface area (Å²) < 4.78 is 6.11. The summed E-state index contributed by atoms with van der Waals surface area (Å²) in [4.78, 5) is 0. The zero-order valence-electron chi connectivity index (χ0n) is 10.9. The standard InChI is InChI=1S/C15H23NO/c1-3-15(4-2,11-16)17-10-13-9-12-7-5-6-8-14(12)13/h5-8,13H,3-4,9-11,16H2,1-2H3. The molecule has 1 aromatic rings. The van der Waals surface area contributed by atoms with Gasteiger partial charge in [-0.2, -0.15) is 0 Å². The summed E-state index contributed by atoms with van der Waals surface area (Å²) in [5, 5.41) is 0. The summed E-state index contributed by atoms with van der Waals surface area (Å²) in [6.07, 6.45) is 3.15. The molecule has 0 saturated carbocycles. The predicted molar refractivity (Wildman–Crippen MR) is 71.2 cm³/mol. The van der Waals surface area contributed by atoms with Crippen molar-refractivity contribution in [3.63, 3.8) is 0 Å². The van der Waals surface area contributed by atoms with Crippen LogP contribution < -0.4 is 5.73 Å². The molecule has 1 atom stereocenters. The Morgan fingerprint density at radius 2 is 2.00 bits per heavy atom. The third kappa shape index (κ3) is 2.38. The molecule has 0 saturated heterocycles. The predicted octanol–water partition coefficient (Wildman–Crippen LogP) is 2.86. The fraction of sp³-hybridized carbons (Fsp3) is 0.600. The van der Waals surface area contributed by atoms with Crippen LogP contribution in [0.25, 0.3) is 0 Å².